The van der Waals surface area contributed by atoms with Gasteiger partial charge in [0.2, 0.25) is 11.8 Å². The number of carbonyl (C=O) groups is 2. The molecular formula is C25H34N2O3S. The first-order valence-corrected chi connectivity index (χ1v) is 11.8. The van der Waals surface area contributed by atoms with Gasteiger partial charge in [0.15, 0.2) is 0 Å². The fourth-order valence-electron chi connectivity index (χ4n) is 3.12. The number of rotatable bonds is 12. The van der Waals surface area contributed by atoms with Gasteiger partial charge in [-0.3, -0.25) is 9.59 Å². The molecule has 0 aliphatic carbocycles. The zero-order chi connectivity index (χ0) is 22.6. The third-order valence-corrected chi connectivity index (χ3v) is 6.10. The van der Waals surface area contributed by atoms with Crippen molar-refractivity contribution in [1.29, 1.82) is 0 Å². The lowest BCUT2D eigenvalue weighted by Crippen LogP contribution is -2.47. The Labute approximate surface area is 190 Å². The number of benzene rings is 2. The van der Waals surface area contributed by atoms with E-state index in [-0.39, 0.29) is 11.8 Å². The lowest BCUT2D eigenvalue weighted by atomic mass is 10.1. The third kappa shape index (κ3) is 8.29. The minimum Gasteiger partial charge on any atom is -0.497 e. The minimum atomic E-state index is -0.542. The van der Waals surface area contributed by atoms with Crippen LogP contribution < -0.4 is 10.1 Å². The van der Waals surface area contributed by atoms with E-state index in [0.717, 1.165) is 29.1 Å². The summed E-state index contributed by atoms with van der Waals surface area (Å²) in [7, 11) is 1.62. The highest BCUT2D eigenvalue weighted by molar-refractivity contribution is 7.99. The van der Waals surface area contributed by atoms with Gasteiger partial charge in [0.25, 0.3) is 0 Å². The molecule has 0 bridgehead atoms. The van der Waals surface area contributed by atoms with Gasteiger partial charge in [-0.15, -0.1) is 11.8 Å². The normalized spacial score (nSPS) is 11.6. The molecule has 1 N–H and O–H groups in total. The van der Waals surface area contributed by atoms with Crippen molar-refractivity contribution in [3.8, 4) is 5.75 Å². The van der Waals surface area contributed by atoms with Gasteiger partial charge in [0.1, 0.15) is 11.8 Å². The van der Waals surface area contributed by atoms with E-state index in [1.165, 1.54) is 5.56 Å². The van der Waals surface area contributed by atoms with Crippen molar-refractivity contribution in [2.45, 2.75) is 57.5 Å². The molecule has 0 heterocycles. The highest BCUT2D eigenvalue weighted by atomic mass is 32.2. The maximum Gasteiger partial charge on any atom is 0.242 e. The van der Waals surface area contributed by atoms with Crippen molar-refractivity contribution in [1.82, 2.24) is 10.2 Å². The number of carbonyl (C=O) groups excluding carboxylic acids is 2. The van der Waals surface area contributed by atoms with E-state index in [0.29, 0.717) is 25.3 Å². The van der Waals surface area contributed by atoms with E-state index >= 15 is 0 Å². The molecule has 2 rings (SSSR count). The van der Waals surface area contributed by atoms with Crippen LogP contribution in [-0.4, -0.2) is 42.2 Å². The predicted octanol–water partition coefficient (Wildman–Crippen LogP) is 4.82. The molecule has 0 saturated heterocycles. The van der Waals surface area contributed by atoms with Gasteiger partial charge < -0.3 is 15.0 Å². The summed E-state index contributed by atoms with van der Waals surface area (Å²) in [6, 6.07) is 15.4. The molecule has 2 aromatic rings. The van der Waals surface area contributed by atoms with Gasteiger partial charge >= 0.3 is 0 Å². The molecule has 1 unspecified atom stereocenters. The van der Waals surface area contributed by atoms with Crippen molar-refractivity contribution in [3.63, 3.8) is 0 Å². The number of ether oxygens (including phenoxy) is 1. The van der Waals surface area contributed by atoms with E-state index in [4.69, 9.17) is 4.74 Å². The molecule has 0 radical (unpaired) electrons. The predicted molar refractivity (Wildman–Crippen MR) is 127 cm³/mol. The van der Waals surface area contributed by atoms with Gasteiger partial charge in [-0.1, -0.05) is 43.2 Å². The topological polar surface area (TPSA) is 58.6 Å². The summed E-state index contributed by atoms with van der Waals surface area (Å²) in [6.45, 7) is 6.94. The standard InChI is InChI=1S/C25H34N2O3S/c1-5-6-15-26-25(29)20(3)27(18-21-8-7-9-22(17-21)30-4)24(28)14-16-31-23-12-10-19(2)11-13-23/h7-13,17,20H,5-6,14-16,18H2,1-4H3,(H,26,29). The number of thioether (sulfide) groups is 1. The zero-order valence-electron chi connectivity index (χ0n) is 19.0. The van der Waals surface area contributed by atoms with Crippen LogP contribution in [0.3, 0.4) is 0 Å². The van der Waals surface area contributed by atoms with Crippen molar-refractivity contribution in [2.75, 3.05) is 19.4 Å². The molecule has 31 heavy (non-hydrogen) atoms. The van der Waals surface area contributed by atoms with Gasteiger partial charge in [-0.05, 0) is 50.1 Å². The number of aryl methyl sites for hydroxylation is 1. The van der Waals surface area contributed by atoms with Gasteiger partial charge in [0, 0.05) is 30.2 Å². The fraction of sp³-hybridized carbons (Fsp3) is 0.440. The number of hydrogen-bond acceptors (Lipinski definition) is 4. The van der Waals surface area contributed by atoms with Crippen LogP contribution in [0.4, 0.5) is 0 Å². The van der Waals surface area contributed by atoms with Gasteiger partial charge in [-0.2, -0.15) is 0 Å². The van der Waals surface area contributed by atoms with Gasteiger partial charge in [0.05, 0.1) is 7.11 Å². The molecule has 2 amide bonds. The van der Waals surface area contributed by atoms with Crippen LogP contribution >= 0.6 is 11.8 Å². The smallest absolute Gasteiger partial charge is 0.242 e. The summed E-state index contributed by atoms with van der Waals surface area (Å²) in [5.74, 6) is 1.26. The summed E-state index contributed by atoms with van der Waals surface area (Å²) in [4.78, 5) is 28.6. The Balaban J connectivity index is 2.06. The lowest BCUT2D eigenvalue weighted by Gasteiger charge is -2.29. The Kier molecular flexibility index (Phi) is 10.4. The van der Waals surface area contributed by atoms with Crippen LogP contribution in [0.5, 0.6) is 5.75 Å². The second-order valence-electron chi connectivity index (χ2n) is 7.61. The van der Waals surface area contributed by atoms with Crippen LogP contribution in [0.2, 0.25) is 0 Å². The summed E-state index contributed by atoms with van der Waals surface area (Å²) in [6.07, 6.45) is 2.31. The SMILES string of the molecule is CCCCNC(=O)C(C)N(Cc1cccc(OC)c1)C(=O)CCSc1ccc(C)cc1. The Bertz CT molecular complexity index is 839. The average molecular weight is 443 g/mol. The first kappa shape index (κ1) is 24.8. The van der Waals surface area contributed by atoms with Crippen molar-refractivity contribution >= 4 is 23.6 Å². The first-order chi connectivity index (χ1) is 14.9. The Morgan fingerprint density at radius 3 is 2.58 bits per heavy atom. The largest absolute Gasteiger partial charge is 0.497 e. The second-order valence-corrected chi connectivity index (χ2v) is 8.77. The number of nitrogens with zero attached hydrogens (tertiary/aromatic N) is 1. The number of unbranched alkanes of at least 4 members (excludes halogenated alkanes) is 1. The average Bonchev–Trinajstić information content (AvgIpc) is 2.78. The molecule has 0 saturated carbocycles. The molecule has 0 aromatic heterocycles. The highest BCUT2D eigenvalue weighted by Crippen LogP contribution is 2.21. The van der Waals surface area contributed by atoms with Crippen LogP contribution in [0, 0.1) is 6.92 Å². The Morgan fingerprint density at radius 2 is 1.90 bits per heavy atom. The number of amides is 2. The summed E-state index contributed by atoms with van der Waals surface area (Å²) >= 11 is 1.66. The van der Waals surface area contributed by atoms with Crippen LogP contribution in [0.1, 0.15) is 44.2 Å². The number of methoxy groups -OCH3 is 1. The molecule has 5 nitrogen and oxygen atoms in total. The molecule has 0 spiro atoms. The maximum atomic E-state index is 13.1. The number of hydrogen-bond donors (Lipinski definition) is 1. The zero-order valence-corrected chi connectivity index (χ0v) is 19.8. The summed E-state index contributed by atoms with van der Waals surface area (Å²) in [5, 5.41) is 2.95. The first-order valence-electron chi connectivity index (χ1n) is 10.8. The molecule has 2 aromatic carbocycles. The molecule has 6 heteroatoms. The number of nitrogens with one attached hydrogen (secondary N) is 1. The van der Waals surface area contributed by atoms with E-state index < -0.39 is 6.04 Å². The van der Waals surface area contributed by atoms with Crippen LogP contribution in [-0.2, 0) is 16.1 Å². The molecule has 0 aliphatic rings. The van der Waals surface area contributed by atoms with E-state index in [1.54, 1.807) is 30.7 Å². The summed E-state index contributed by atoms with van der Waals surface area (Å²) < 4.78 is 5.31. The van der Waals surface area contributed by atoms with E-state index in [1.807, 2.05) is 24.3 Å². The third-order valence-electron chi connectivity index (χ3n) is 5.09. The minimum absolute atomic E-state index is 0.0272. The van der Waals surface area contributed by atoms with Gasteiger partial charge in [-0.25, -0.2) is 0 Å². The molecular weight excluding hydrogens is 408 g/mol. The van der Waals surface area contributed by atoms with E-state index in [2.05, 4.69) is 43.4 Å². The highest BCUT2D eigenvalue weighted by Gasteiger charge is 2.25. The van der Waals surface area contributed by atoms with Crippen molar-refractivity contribution < 1.29 is 14.3 Å². The summed E-state index contributed by atoms with van der Waals surface area (Å²) in [5.41, 5.74) is 2.15. The monoisotopic (exact) mass is 442 g/mol. The maximum absolute atomic E-state index is 13.1. The van der Waals surface area contributed by atoms with Crippen molar-refractivity contribution in [3.05, 3.63) is 59.7 Å². The fourth-order valence-corrected chi connectivity index (χ4v) is 3.96. The molecule has 168 valence electrons. The molecule has 0 fully saturated rings. The van der Waals surface area contributed by atoms with Crippen LogP contribution in [0.25, 0.3) is 0 Å². The second kappa shape index (κ2) is 13.1. The van der Waals surface area contributed by atoms with Crippen LogP contribution in [0.15, 0.2) is 53.4 Å². The lowest BCUT2D eigenvalue weighted by molar-refractivity contribution is -0.140. The molecule has 0 aliphatic heterocycles. The van der Waals surface area contributed by atoms with E-state index in [9.17, 15) is 9.59 Å². The quantitative estimate of drug-likeness (QED) is 0.378. The molecule has 1 atom stereocenters. The van der Waals surface area contributed by atoms with Crippen molar-refractivity contribution in [2.24, 2.45) is 0 Å². The Morgan fingerprint density at radius 1 is 1.16 bits per heavy atom. The Hall–Kier alpha value is -2.47.